The molecule has 3 aromatic carbocycles. The normalized spacial score (nSPS) is 18.8. The van der Waals surface area contributed by atoms with Gasteiger partial charge in [-0.25, -0.2) is 8.42 Å². The fourth-order valence-corrected chi connectivity index (χ4v) is 7.14. The van der Waals surface area contributed by atoms with Crippen LogP contribution in [0.25, 0.3) is 22.8 Å². The molecule has 1 saturated carbocycles. The minimum Gasteiger partial charge on any atom is -0.492 e. The third-order valence-electron chi connectivity index (χ3n) is 7.53. The minimum atomic E-state index is -3.11. The Balaban J connectivity index is 1.18. The number of fused-ring (bicyclic) bond motifs is 3. The van der Waals surface area contributed by atoms with Crippen LogP contribution in [0.2, 0.25) is 0 Å². The quantitative estimate of drug-likeness (QED) is 0.243. The summed E-state index contributed by atoms with van der Waals surface area (Å²) < 4.78 is 32.8. The van der Waals surface area contributed by atoms with Gasteiger partial charge in [-0.1, -0.05) is 42.5 Å². The van der Waals surface area contributed by atoms with Gasteiger partial charge in [-0.3, -0.25) is 15.0 Å². The number of para-hydroxylation sites is 1. The van der Waals surface area contributed by atoms with Gasteiger partial charge in [0.1, 0.15) is 12.4 Å². The Kier molecular flexibility index (Phi) is 6.51. The van der Waals surface area contributed by atoms with E-state index >= 15 is 0 Å². The fraction of sp³-hybridized carbons (Fsp3) is 0.310. The first-order chi connectivity index (χ1) is 18.4. The van der Waals surface area contributed by atoms with Crippen LogP contribution in [0.15, 0.2) is 66.7 Å². The highest BCUT2D eigenvalue weighted by Crippen LogP contribution is 2.46. The summed E-state index contributed by atoms with van der Waals surface area (Å²) in [6.45, 7) is 3.66. The Hall–Kier alpha value is -3.53. The number of benzene rings is 3. The maximum atomic E-state index is 12.5. The summed E-state index contributed by atoms with van der Waals surface area (Å²) in [5, 5.41) is 11.3. The monoisotopic (exact) mass is 531 g/mol. The zero-order chi connectivity index (χ0) is 26.3. The second-order valence-electron chi connectivity index (χ2n) is 9.96. The Morgan fingerprint density at radius 1 is 0.895 bits per heavy atom. The summed E-state index contributed by atoms with van der Waals surface area (Å²) in [5.41, 5.74) is 5.83. The second-order valence-corrected chi connectivity index (χ2v) is 12.2. The molecule has 3 aromatic rings. The first kappa shape index (κ1) is 24.8. The van der Waals surface area contributed by atoms with Crippen molar-refractivity contribution in [3.05, 3.63) is 93.5 Å². The number of nitro groups is 1. The van der Waals surface area contributed by atoms with E-state index < -0.39 is 10.0 Å². The van der Waals surface area contributed by atoms with Gasteiger partial charge in [0.15, 0.2) is 0 Å². The zero-order valence-electron chi connectivity index (χ0n) is 21.0. The molecule has 1 saturated heterocycles. The van der Waals surface area contributed by atoms with E-state index in [4.69, 9.17) is 4.74 Å². The van der Waals surface area contributed by atoms with E-state index in [9.17, 15) is 18.5 Å². The highest BCUT2D eigenvalue weighted by Gasteiger charge is 2.40. The van der Waals surface area contributed by atoms with Crippen molar-refractivity contribution in [1.29, 1.82) is 0 Å². The van der Waals surface area contributed by atoms with Crippen LogP contribution in [0.4, 0.5) is 5.69 Å². The van der Waals surface area contributed by atoms with Gasteiger partial charge in [0.2, 0.25) is 10.0 Å². The summed E-state index contributed by atoms with van der Waals surface area (Å²) in [5.74, 6) is 0.742. The molecule has 0 spiro atoms. The molecule has 6 rings (SSSR count). The molecule has 196 valence electrons. The number of nitro benzene ring substituents is 1. The molecule has 0 aromatic heterocycles. The standard InChI is InChI=1S/C29H29N3O5S/c33-32(34)22-9-12-26-24-6-2-3-7-25(24)27(28(26)20-22)19-21-5-1-4-8-29(21)37-18-17-30-13-15-31(16-14-30)38(35,36)23-10-11-23/h1-9,12,19-20,23H,10-11,13-18H2/b27-19+. The predicted molar refractivity (Wildman–Crippen MR) is 147 cm³/mol. The molecule has 0 atom stereocenters. The van der Waals surface area contributed by atoms with Crippen molar-refractivity contribution in [2.45, 2.75) is 18.1 Å². The van der Waals surface area contributed by atoms with Gasteiger partial charge in [0.25, 0.3) is 5.69 Å². The first-order valence-electron chi connectivity index (χ1n) is 13.0. The molecule has 0 amide bonds. The minimum absolute atomic E-state index is 0.0667. The van der Waals surface area contributed by atoms with Crippen LogP contribution >= 0.6 is 0 Å². The molecule has 0 unspecified atom stereocenters. The molecule has 9 heteroatoms. The molecule has 3 aliphatic rings. The van der Waals surface area contributed by atoms with Crippen LogP contribution in [0.3, 0.4) is 0 Å². The molecule has 0 radical (unpaired) electrons. The number of hydrogen-bond acceptors (Lipinski definition) is 6. The predicted octanol–water partition coefficient (Wildman–Crippen LogP) is 4.65. The summed E-state index contributed by atoms with van der Waals surface area (Å²) in [4.78, 5) is 13.3. The van der Waals surface area contributed by atoms with Crippen LogP contribution in [0.5, 0.6) is 5.75 Å². The molecular formula is C29H29N3O5S. The lowest BCUT2D eigenvalue weighted by Crippen LogP contribution is -2.50. The van der Waals surface area contributed by atoms with Crippen LogP contribution in [-0.2, 0) is 10.0 Å². The molecule has 0 bridgehead atoms. The van der Waals surface area contributed by atoms with Crippen LogP contribution in [0, 0.1) is 10.1 Å². The molecule has 1 aliphatic heterocycles. The Bertz CT molecular complexity index is 1520. The van der Waals surface area contributed by atoms with Gasteiger partial charge >= 0.3 is 0 Å². The van der Waals surface area contributed by atoms with Crippen molar-refractivity contribution in [3.8, 4) is 16.9 Å². The van der Waals surface area contributed by atoms with E-state index in [2.05, 4.69) is 4.90 Å². The average molecular weight is 532 g/mol. The number of piperazine rings is 1. The number of rotatable bonds is 8. The van der Waals surface area contributed by atoms with Gasteiger partial charge in [-0.2, -0.15) is 4.31 Å². The largest absolute Gasteiger partial charge is 0.492 e. The number of nitrogens with zero attached hydrogens (tertiary/aromatic N) is 3. The Morgan fingerprint density at radius 2 is 1.58 bits per heavy atom. The molecule has 0 N–H and O–H groups in total. The van der Waals surface area contributed by atoms with Crippen molar-refractivity contribution in [2.24, 2.45) is 0 Å². The maximum absolute atomic E-state index is 12.5. The average Bonchev–Trinajstić information content (AvgIpc) is 3.75. The van der Waals surface area contributed by atoms with E-state index in [0.717, 1.165) is 52.0 Å². The van der Waals surface area contributed by atoms with Crippen molar-refractivity contribution in [2.75, 3.05) is 39.3 Å². The lowest BCUT2D eigenvalue weighted by Gasteiger charge is -2.33. The van der Waals surface area contributed by atoms with E-state index in [1.165, 1.54) is 0 Å². The molecule has 2 aliphatic carbocycles. The first-order valence-corrected chi connectivity index (χ1v) is 14.5. The van der Waals surface area contributed by atoms with Crippen LogP contribution in [-0.4, -0.2) is 67.1 Å². The molecular weight excluding hydrogens is 502 g/mol. The summed E-state index contributed by atoms with van der Waals surface area (Å²) in [7, 11) is -3.11. The van der Waals surface area contributed by atoms with Crippen molar-refractivity contribution in [3.63, 3.8) is 0 Å². The SMILES string of the molecule is O=[N+]([O-])c1ccc2c(c1)/C(=C/c1ccccc1OCCN1CCN(S(=O)(=O)C3CC3)CC1)c1ccccc1-2. The fourth-order valence-electron chi connectivity index (χ4n) is 5.31. The number of hydrogen-bond donors (Lipinski definition) is 0. The van der Waals surface area contributed by atoms with Crippen LogP contribution in [0.1, 0.15) is 29.5 Å². The molecule has 2 fully saturated rings. The summed E-state index contributed by atoms with van der Waals surface area (Å²) in [6, 6.07) is 20.9. The van der Waals surface area contributed by atoms with Gasteiger partial charge in [0.05, 0.1) is 10.2 Å². The topological polar surface area (TPSA) is 93.0 Å². The smallest absolute Gasteiger partial charge is 0.270 e. The highest BCUT2D eigenvalue weighted by atomic mass is 32.2. The van der Waals surface area contributed by atoms with E-state index in [0.29, 0.717) is 39.3 Å². The Morgan fingerprint density at radius 3 is 2.32 bits per heavy atom. The number of sulfonamides is 1. The van der Waals surface area contributed by atoms with Crippen molar-refractivity contribution < 1.29 is 18.1 Å². The number of ether oxygens (including phenoxy) is 1. The molecule has 8 nitrogen and oxygen atoms in total. The molecule has 1 heterocycles. The van der Waals surface area contributed by atoms with E-state index in [-0.39, 0.29) is 15.9 Å². The second kappa shape index (κ2) is 9.98. The lowest BCUT2D eigenvalue weighted by atomic mass is 10.0. The van der Waals surface area contributed by atoms with Gasteiger partial charge in [-0.05, 0) is 58.9 Å². The van der Waals surface area contributed by atoms with Gasteiger partial charge in [-0.15, -0.1) is 0 Å². The van der Waals surface area contributed by atoms with E-state index in [1.807, 2.05) is 60.7 Å². The maximum Gasteiger partial charge on any atom is 0.270 e. The van der Waals surface area contributed by atoms with Crippen LogP contribution < -0.4 is 4.74 Å². The summed E-state index contributed by atoms with van der Waals surface area (Å²) >= 11 is 0. The van der Waals surface area contributed by atoms with Crippen molar-refractivity contribution in [1.82, 2.24) is 9.21 Å². The van der Waals surface area contributed by atoms with Gasteiger partial charge < -0.3 is 4.74 Å². The third-order valence-corrected chi connectivity index (χ3v) is 9.93. The van der Waals surface area contributed by atoms with Gasteiger partial charge in [0, 0.05) is 50.4 Å². The third kappa shape index (κ3) is 4.73. The zero-order valence-corrected chi connectivity index (χ0v) is 21.8. The number of non-ortho nitro benzene ring substituents is 1. The van der Waals surface area contributed by atoms with Crippen molar-refractivity contribution >= 4 is 27.4 Å². The summed E-state index contributed by atoms with van der Waals surface area (Å²) in [6.07, 6.45) is 3.63. The Labute approximate surface area is 222 Å². The highest BCUT2D eigenvalue weighted by molar-refractivity contribution is 7.90. The van der Waals surface area contributed by atoms with E-state index in [1.54, 1.807) is 16.4 Å². The molecule has 38 heavy (non-hydrogen) atoms. The lowest BCUT2D eigenvalue weighted by molar-refractivity contribution is -0.384.